The standard InChI is InChI=1S/C25H38N2O4.ClH/c1-4-29-24(28)25(2,3)15-7-5-9-19-30-22-11-13-23(14-12-22)31-20-10-6-8-17-27-18-16-26-21-27;/h11-14,16,18,21H,4-10,15,17,19-20H2,1-3H3;1H. The monoisotopic (exact) mass is 466 g/mol. The summed E-state index contributed by atoms with van der Waals surface area (Å²) in [5.41, 5.74) is -0.410. The van der Waals surface area contributed by atoms with Gasteiger partial charge in [-0.25, -0.2) is 4.98 Å². The molecule has 180 valence electrons. The number of benzene rings is 1. The van der Waals surface area contributed by atoms with Crippen molar-refractivity contribution in [1.29, 1.82) is 0 Å². The summed E-state index contributed by atoms with van der Waals surface area (Å²) < 4.78 is 18.9. The van der Waals surface area contributed by atoms with Gasteiger partial charge in [-0.05, 0) is 77.1 Å². The minimum Gasteiger partial charge on any atom is -0.494 e. The Morgan fingerprint density at radius 2 is 1.53 bits per heavy atom. The number of imidazole rings is 1. The second-order valence-electron chi connectivity index (χ2n) is 8.44. The normalized spacial score (nSPS) is 11.0. The predicted molar refractivity (Wildman–Crippen MR) is 130 cm³/mol. The fourth-order valence-corrected chi connectivity index (χ4v) is 3.28. The number of hydrogen-bond acceptors (Lipinski definition) is 5. The van der Waals surface area contributed by atoms with Gasteiger partial charge in [-0.15, -0.1) is 12.4 Å². The number of aryl methyl sites for hydroxylation is 1. The molecule has 0 unspecified atom stereocenters. The molecular weight excluding hydrogens is 428 g/mol. The average molecular weight is 467 g/mol. The molecule has 0 N–H and O–H groups in total. The van der Waals surface area contributed by atoms with Gasteiger partial charge in [-0.1, -0.05) is 12.8 Å². The smallest absolute Gasteiger partial charge is 0.311 e. The second-order valence-corrected chi connectivity index (χ2v) is 8.44. The Morgan fingerprint density at radius 1 is 0.938 bits per heavy atom. The number of ether oxygens (including phenoxy) is 3. The van der Waals surface area contributed by atoms with Crippen LogP contribution in [0.5, 0.6) is 11.5 Å². The third kappa shape index (κ3) is 10.9. The van der Waals surface area contributed by atoms with Gasteiger partial charge in [0.2, 0.25) is 0 Å². The first-order chi connectivity index (χ1) is 15.0. The molecule has 0 radical (unpaired) electrons. The number of carbonyl (C=O) groups excluding carboxylic acids is 1. The predicted octanol–water partition coefficient (Wildman–Crippen LogP) is 6.08. The minimum absolute atomic E-state index is 0. The Hall–Kier alpha value is -2.21. The van der Waals surface area contributed by atoms with Gasteiger partial charge in [0.05, 0.1) is 31.6 Å². The lowest BCUT2D eigenvalue weighted by Crippen LogP contribution is -2.26. The van der Waals surface area contributed by atoms with Crippen LogP contribution in [0, 0.1) is 5.41 Å². The lowest BCUT2D eigenvalue weighted by Gasteiger charge is -2.21. The van der Waals surface area contributed by atoms with Gasteiger partial charge in [-0.2, -0.15) is 0 Å². The van der Waals surface area contributed by atoms with Crippen LogP contribution in [0.25, 0.3) is 0 Å². The minimum atomic E-state index is -0.410. The molecule has 0 amide bonds. The van der Waals surface area contributed by atoms with Crippen LogP contribution in [-0.2, 0) is 16.1 Å². The van der Waals surface area contributed by atoms with Crippen molar-refractivity contribution in [3.05, 3.63) is 43.0 Å². The lowest BCUT2D eigenvalue weighted by atomic mass is 9.87. The zero-order chi connectivity index (χ0) is 22.4. The van der Waals surface area contributed by atoms with Gasteiger partial charge in [0.15, 0.2) is 0 Å². The topological polar surface area (TPSA) is 62.6 Å². The Labute approximate surface area is 199 Å². The molecule has 1 aromatic heterocycles. The first-order valence-corrected chi connectivity index (χ1v) is 11.5. The lowest BCUT2D eigenvalue weighted by molar-refractivity contribution is -0.153. The van der Waals surface area contributed by atoms with Crippen molar-refractivity contribution >= 4 is 18.4 Å². The van der Waals surface area contributed by atoms with E-state index in [0.717, 1.165) is 69.6 Å². The molecule has 0 aliphatic heterocycles. The molecule has 6 nitrogen and oxygen atoms in total. The van der Waals surface area contributed by atoms with Crippen molar-refractivity contribution in [3.8, 4) is 11.5 Å². The summed E-state index contributed by atoms with van der Waals surface area (Å²) in [4.78, 5) is 15.9. The molecule has 0 atom stereocenters. The Balaban J connectivity index is 0.00000512. The van der Waals surface area contributed by atoms with Crippen molar-refractivity contribution in [2.75, 3.05) is 19.8 Å². The molecule has 1 aromatic carbocycles. The van der Waals surface area contributed by atoms with Crippen molar-refractivity contribution in [2.24, 2.45) is 5.41 Å². The first kappa shape index (κ1) is 27.8. The highest BCUT2D eigenvalue weighted by Crippen LogP contribution is 2.25. The van der Waals surface area contributed by atoms with E-state index in [-0.39, 0.29) is 18.4 Å². The largest absolute Gasteiger partial charge is 0.494 e. The average Bonchev–Trinajstić information content (AvgIpc) is 3.27. The summed E-state index contributed by atoms with van der Waals surface area (Å²) >= 11 is 0. The van der Waals surface area contributed by atoms with E-state index in [0.29, 0.717) is 13.2 Å². The number of unbranched alkanes of at least 4 members (excludes halogenated alkanes) is 4. The Bertz CT molecular complexity index is 733. The van der Waals surface area contributed by atoms with Gasteiger partial charge < -0.3 is 18.8 Å². The Morgan fingerprint density at radius 3 is 2.06 bits per heavy atom. The number of rotatable bonds is 16. The summed E-state index contributed by atoms with van der Waals surface area (Å²) in [6.45, 7) is 8.60. The highest BCUT2D eigenvalue weighted by atomic mass is 35.5. The van der Waals surface area contributed by atoms with Crippen molar-refractivity contribution in [2.45, 2.75) is 72.3 Å². The number of esters is 1. The van der Waals surface area contributed by atoms with Crippen LogP contribution in [0.15, 0.2) is 43.0 Å². The summed E-state index contributed by atoms with van der Waals surface area (Å²) in [6, 6.07) is 7.84. The highest BCUT2D eigenvalue weighted by molar-refractivity contribution is 5.85. The van der Waals surface area contributed by atoms with Crippen molar-refractivity contribution in [1.82, 2.24) is 9.55 Å². The molecule has 0 aliphatic rings. The Kier molecular flexibility index (Phi) is 13.5. The fourth-order valence-electron chi connectivity index (χ4n) is 3.28. The maximum absolute atomic E-state index is 11.9. The summed E-state index contributed by atoms with van der Waals surface area (Å²) in [7, 11) is 0. The first-order valence-electron chi connectivity index (χ1n) is 11.5. The number of hydrogen-bond donors (Lipinski definition) is 0. The van der Waals surface area contributed by atoms with Crippen LogP contribution in [0.4, 0.5) is 0 Å². The summed E-state index contributed by atoms with van der Waals surface area (Å²) in [5, 5.41) is 0. The van der Waals surface area contributed by atoms with Crippen LogP contribution in [-0.4, -0.2) is 35.3 Å². The van der Waals surface area contributed by atoms with E-state index in [9.17, 15) is 4.79 Å². The second kappa shape index (κ2) is 15.6. The summed E-state index contributed by atoms with van der Waals surface area (Å²) in [6.07, 6.45) is 12.8. The van der Waals surface area contributed by atoms with Gasteiger partial charge in [0.25, 0.3) is 0 Å². The van der Waals surface area contributed by atoms with Crippen LogP contribution >= 0.6 is 12.4 Å². The van der Waals surface area contributed by atoms with E-state index in [4.69, 9.17) is 14.2 Å². The van der Waals surface area contributed by atoms with Crippen LogP contribution in [0.1, 0.15) is 65.7 Å². The number of carbonyl (C=O) groups is 1. The molecule has 0 bridgehead atoms. The maximum Gasteiger partial charge on any atom is 0.311 e. The number of aromatic nitrogens is 2. The van der Waals surface area contributed by atoms with E-state index < -0.39 is 5.41 Å². The molecular formula is C25H39ClN2O4. The van der Waals surface area contributed by atoms with Crippen LogP contribution in [0.3, 0.4) is 0 Å². The molecule has 0 saturated carbocycles. The van der Waals surface area contributed by atoms with E-state index in [2.05, 4.69) is 9.55 Å². The molecule has 1 heterocycles. The van der Waals surface area contributed by atoms with Crippen molar-refractivity contribution < 1.29 is 19.0 Å². The maximum atomic E-state index is 11.9. The molecule has 0 aliphatic carbocycles. The molecule has 2 rings (SSSR count). The van der Waals surface area contributed by atoms with E-state index in [1.807, 2.05) is 63.8 Å². The molecule has 7 heteroatoms. The molecule has 0 saturated heterocycles. The zero-order valence-electron chi connectivity index (χ0n) is 19.8. The van der Waals surface area contributed by atoms with E-state index in [1.165, 1.54) is 0 Å². The van der Waals surface area contributed by atoms with Crippen LogP contribution < -0.4 is 9.47 Å². The molecule has 0 fully saturated rings. The van der Waals surface area contributed by atoms with Gasteiger partial charge >= 0.3 is 5.97 Å². The molecule has 2 aromatic rings. The third-order valence-corrected chi connectivity index (χ3v) is 5.26. The van der Waals surface area contributed by atoms with Gasteiger partial charge in [0.1, 0.15) is 11.5 Å². The van der Waals surface area contributed by atoms with E-state index >= 15 is 0 Å². The van der Waals surface area contributed by atoms with Gasteiger partial charge in [-0.3, -0.25) is 4.79 Å². The third-order valence-electron chi connectivity index (χ3n) is 5.26. The highest BCUT2D eigenvalue weighted by Gasteiger charge is 2.28. The fraction of sp³-hybridized carbons (Fsp3) is 0.600. The number of nitrogens with zero attached hydrogens (tertiary/aromatic N) is 2. The van der Waals surface area contributed by atoms with Crippen LogP contribution in [0.2, 0.25) is 0 Å². The van der Waals surface area contributed by atoms with E-state index in [1.54, 1.807) is 0 Å². The van der Waals surface area contributed by atoms with Gasteiger partial charge in [0, 0.05) is 18.9 Å². The summed E-state index contributed by atoms with van der Waals surface area (Å²) in [5.74, 6) is 1.63. The molecule has 0 spiro atoms. The SMILES string of the molecule is CCOC(=O)C(C)(C)CCCCCOc1ccc(OCCCCCn2ccnc2)cc1.Cl. The number of halogens is 1. The molecule has 32 heavy (non-hydrogen) atoms. The zero-order valence-corrected chi connectivity index (χ0v) is 20.6. The van der Waals surface area contributed by atoms with Crippen molar-refractivity contribution in [3.63, 3.8) is 0 Å². The quantitative estimate of drug-likeness (QED) is 0.221.